The van der Waals surface area contributed by atoms with Gasteiger partial charge in [-0.15, -0.1) is 0 Å². The second-order valence-electron chi connectivity index (χ2n) is 3.47. The molecule has 1 aromatic heterocycles. The van der Waals surface area contributed by atoms with Crippen molar-refractivity contribution >= 4 is 16.7 Å². The molecule has 0 spiro atoms. The fraction of sp³-hybridized carbons (Fsp3) is 0.273. The Balaban J connectivity index is 2.79. The van der Waals surface area contributed by atoms with Crippen LogP contribution < -0.4 is 5.56 Å². The second kappa shape index (κ2) is 3.38. The number of hydrogen-bond acceptors (Lipinski definition) is 2. The number of hydrogen-bond donors (Lipinski definition) is 1. The summed E-state index contributed by atoms with van der Waals surface area (Å²) in [5, 5.41) is 3.34. The lowest BCUT2D eigenvalue weighted by Gasteiger charge is -2.00. The fourth-order valence-corrected chi connectivity index (χ4v) is 1.66. The van der Waals surface area contributed by atoms with Crippen LogP contribution in [0.1, 0.15) is 24.2 Å². The average molecular weight is 204 g/mol. The van der Waals surface area contributed by atoms with Crippen molar-refractivity contribution in [3.05, 3.63) is 34.1 Å². The number of nitrogens with zero attached hydrogens (tertiary/aromatic N) is 1. The van der Waals surface area contributed by atoms with Crippen LogP contribution in [0.25, 0.3) is 10.9 Å². The van der Waals surface area contributed by atoms with Crippen molar-refractivity contribution in [2.24, 2.45) is 0 Å². The van der Waals surface area contributed by atoms with Crippen molar-refractivity contribution in [3.63, 3.8) is 0 Å². The van der Waals surface area contributed by atoms with Gasteiger partial charge in [0.2, 0.25) is 0 Å². The van der Waals surface area contributed by atoms with E-state index in [1.165, 1.54) is 6.92 Å². The van der Waals surface area contributed by atoms with Gasteiger partial charge in [0, 0.05) is 12.1 Å². The minimum Gasteiger partial charge on any atom is -0.295 e. The molecule has 15 heavy (non-hydrogen) atoms. The number of benzene rings is 1. The standard InChI is InChI=1S/C11H12N2O2/c1-3-13-10-6-8(7(2)14)4-5-9(10)11(15)12-13/h4-6H,3H2,1-2H3,(H,12,15). The molecule has 78 valence electrons. The van der Waals surface area contributed by atoms with Crippen molar-refractivity contribution in [1.29, 1.82) is 0 Å². The van der Waals surface area contributed by atoms with Gasteiger partial charge in [0.1, 0.15) is 0 Å². The number of H-pyrrole nitrogens is 1. The summed E-state index contributed by atoms with van der Waals surface area (Å²) < 4.78 is 1.74. The van der Waals surface area contributed by atoms with Gasteiger partial charge in [0.15, 0.2) is 5.78 Å². The summed E-state index contributed by atoms with van der Waals surface area (Å²) in [6.07, 6.45) is 0. The van der Waals surface area contributed by atoms with Crippen LogP contribution in [-0.4, -0.2) is 15.6 Å². The fourth-order valence-electron chi connectivity index (χ4n) is 1.66. The van der Waals surface area contributed by atoms with E-state index in [1.807, 2.05) is 6.92 Å². The van der Waals surface area contributed by atoms with Gasteiger partial charge >= 0.3 is 0 Å². The third-order valence-corrected chi connectivity index (χ3v) is 2.49. The largest absolute Gasteiger partial charge is 0.295 e. The van der Waals surface area contributed by atoms with Gasteiger partial charge in [-0.25, -0.2) is 0 Å². The highest BCUT2D eigenvalue weighted by molar-refractivity contribution is 5.97. The van der Waals surface area contributed by atoms with Crippen LogP contribution in [0, 0.1) is 0 Å². The number of ketones is 1. The van der Waals surface area contributed by atoms with Gasteiger partial charge in [-0.05, 0) is 26.0 Å². The molecule has 0 amide bonds. The van der Waals surface area contributed by atoms with Gasteiger partial charge < -0.3 is 0 Å². The number of fused-ring (bicyclic) bond motifs is 1. The van der Waals surface area contributed by atoms with Gasteiger partial charge in [0.05, 0.1) is 10.9 Å². The van der Waals surface area contributed by atoms with Gasteiger partial charge in [-0.1, -0.05) is 6.07 Å². The molecule has 0 fully saturated rings. The first-order valence-electron chi connectivity index (χ1n) is 4.87. The van der Waals surface area contributed by atoms with E-state index >= 15 is 0 Å². The summed E-state index contributed by atoms with van der Waals surface area (Å²) in [7, 11) is 0. The zero-order valence-electron chi connectivity index (χ0n) is 8.70. The Morgan fingerprint density at radius 1 is 1.47 bits per heavy atom. The van der Waals surface area contributed by atoms with Gasteiger partial charge in [0.25, 0.3) is 5.56 Å². The molecule has 0 unspecified atom stereocenters. The lowest BCUT2D eigenvalue weighted by Crippen LogP contribution is -2.03. The SMILES string of the molecule is CCn1[nH]c(=O)c2ccc(C(C)=O)cc21. The molecule has 0 radical (unpaired) electrons. The average Bonchev–Trinajstić information content (AvgIpc) is 2.55. The molecule has 0 saturated carbocycles. The molecule has 2 rings (SSSR count). The highest BCUT2D eigenvalue weighted by Crippen LogP contribution is 2.12. The van der Waals surface area contributed by atoms with Crippen LogP contribution in [0.3, 0.4) is 0 Å². The number of nitrogens with one attached hydrogen (secondary N) is 1. The van der Waals surface area contributed by atoms with Gasteiger partial charge in [-0.3, -0.25) is 19.4 Å². The van der Waals surface area contributed by atoms with Crippen molar-refractivity contribution in [1.82, 2.24) is 9.78 Å². The first-order valence-corrected chi connectivity index (χ1v) is 4.87. The lowest BCUT2D eigenvalue weighted by molar-refractivity contribution is 0.101. The number of aryl methyl sites for hydroxylation is 1. The minimum absolute atomic E-state index is 0.00759. The lowest BCUT2D eigenvalue weighted by atomic mass is 10.1. The molecular weight excluding hydrogens is 192 g/mol. The Morgan fingerprint density at radius 2 is 2.20 bits per heavy atom. The predicted octanol–water partition coefficient (Wildman–Crippen LogP) is 1.55. The molecule has 0 aliphatic heterocycles. The molecule has 1 aromatic carbocycles. The maximum absolute atomic E-state index is 11.5. The van der Waals surface area contributed by atoms with E-state index in [0.717, 1.165) is 5.52 Å². The molecule has 4 heteroatoms. The van der Waals surface area contributed by atoms with Crippen LogP contribution in [0.15, 0.2) is 23.0 Å². The maximum atomic E-state index is 11.5. The molecule has 2 aromatic rings. The van der Waals surface area contributed by atoms with Crippen LogP contribution in [0.4, 0.5) is 0 Å². The summed E-state index contributed by atoms with van der Waals surface area (Å²) in [6, 6.07) is 5.12. The Morgan fingerprint density at radius 3 is 2.80 bits per heavy atom. The van der Waals surface area contributed by atoms with Crippen molar-refractivity contribution < 1.29 is 4.79 Å². The molecule has 0 aliphatic carbocycles. The zero-order chi connectivity index (χ0) is 11.0. The summed E-state index contributed by atoms with van der Waals surface area (Å²) >= 11 is 0. The predicted molar refractivity (Wildman–Crippen MR) is 58.2 cm³/mol. The summed E-state index contributed by atoms with van der Waals surface area (Å²) in [4.78, 5) is 22.7. The van der Waals surface area contributed by atoms with Crippen LogP contribution in [0.5, 0.6) is 0 Å². The molecule has 0 atom stereocenters. The topological polar surface area (TPSA) is 54.9 Å². The molecule has 0 aliphatic rings. The van der Waals surface area contributed by atoms with Crippen LogP contribution >= 0.6 is 0 Å². The zero-order valence-corrected chi connectivity index (χ0v) is 8.70. The Labute approximate surface area is 86.5 Å². The Kier molecular flexibility index (Phi) is 2.19. The normalized spacial score (nSPS) is 10.8. The van der Waals surface area contributed by atoms with E-state index in [2.05, 4.69) is 5.10 Å². The molecule has 0 bridgehead atoms. The minimum atomic E-state index is -0.109. The van der Waals surface area contributed by atoms with Crippen LogP contribution in [-0.2, 0) is 6.54 Å². The van der Waals surface area contributed by atoms with Crippen molar-refractivity contribution in [2.45, 2.75) is 20.4 Å². The van der Waals surface area contributed by atoms with E-state index in [0.29, 0.717) is 17.5 Å². The summed E-state index contributed by atoms with van der Waals surface area (Å²) in [5.41, 5.74) is 1.31. The maximum Gasteiger partial charge on any atom is 0.271 e. The second-order valence-corrected chi connectivity index (χ2v) is 3.47. The summed E-state index contributed by atoms with van der Waals surface area (Å²) in [6.45, 7) is 4.14. The quantitative estimate of drug-likeness (QED) is 0.754. The number of carbonyl (C=O) groups is 1. The molecule has 1 N–H and O–H groups in total. The third kappa shape index (κ3) is 1.48. The first kappa shape index (κ1) is 9.71. The third-order valence-electron chi connectivity index (χ3n) is 2.49. The first-order chi connectivity index (χ1) is 7.13. The number of rotatable bonds is 2. The van der Waals surface area contributed by atoms with E-state index in [4.69, 9.17) is 0 Å². The number of carbonyl (C=O) groups excluding carboxylic acids is 1. The molecule has 0 saturated heterocycles. The van der Waals surface area contributed by atoms with Crippen molar-refractivity contribution in [2.75, 3.05) is 0 Å². The molecule has 1 heterocycles. The van der Waals surface area contributed by atoms with Crippen LogP contribution in [0.2, 0.25) is 0 Å². The summed E-state index contributed by atoms with van der Waals surface area (Å²) in [5.74, 6) is 0.00759. The van der Waals surface area contributed by atoms with Crippen molar-refractivity contribution in [3.8, 4) is 0 Å². The number of aromatic amines is 1. The number of aromatic nitrogens is 2. The van der Waals surface area contributed by atoms with Gasteiger partial charge in [-0.2, -0.15) is 0 Å². The van der Waals surface area contributed by atoms with E-state index in [9.17, 15) is 9.59 Å². The highest BCUT2D eigenvalue weighted by Gasteiger charge is 2.07. The highest BCUT2D eigenvalue weighted by atomic mass is 16.1. The van der Waals surface area contributed by atoms with E-state index in [1.54, 1.807) is 22.9 Å². The monoisotopic (exact) mass is 204 g/mol. The molecule has 4 nitrogen and oxygen atoms in total. The Hall–Kier alpha value is -1.84. The van der Waals surface area contributed by atoms with E-state index in [-0.39, 0.29) is 11.3 Å². The smallest absolute Gasteiger partial charge is 0.271 e. The van der Waals surface area contributed by atoms with E-state index < -0.39 is 0 Å². The number of Topliss-reactive ketones (excluding diaryl/α,β-unsaturated/α-hetero) is 1. The molecular formula is C11H12N2O2. The Bertz CT molecular complexity index is 578.